The van der Waals surface area contributed by atoms with E-state index in [9.17, 15) is 9.59 Å². The van der Waals surface area contributed by atoms with Crippen molar-refractivity contribution in [1.29, 1.82) is 0 Å². The molecule has 122 valence electrons. The summed E-state index contributed by atoms with van der Waals surface area (Å²) in [5, 5.41) is 2.51. The van der Waals surface area contributed by atoms with Crippen LogP contribution in [0.3, 0.4) is 0 Å². The van der Waals surface area contributed by atoms with Gasteiger partial charge in [0.05, 0.1) is 13.7 Å². The fourth-order valence-corrected chi connectivity index (χ4v) is 1.69. The fourth-order valence-electron chi connectivity index (χ4n) is 1.69. The molecule has 6 heteroatoms. The van der Waals surface area contributed by atoms with Gasteiger partial charge in [-0.2, -0.15) is 0 Å². The zero-order valence-corrected chi connectivity index (χ0v) is 13.3. The summed E-state index contributed by atoms with van der Waals surface area (Å²) in [6, 6.07) is 9.01. The van der Waals surface area contributed by atoms with Gasteiger partial charge in [-0.25, -0.2) is 9.59 Å². The van der Waals surface area contributed by atoms with E-state index in [0.717, 1.165) is 12.8 Å². The number of carbonyl (C=O) groups is 2. The van der Waals surface area contributed by atoms with E-state index in [1.165, 1.54) is 14.0 Å². The van der Waals surface area contributed by atoms with Crippen LogP contribution in [0, 0.1) is 0 Å². The van der Waals surface area contributed by atoms with Crippen molar-refractivity contribution in [2.24, 2.45) is 0 Å². The topological polar surface area (TPSA) is 73.9 Å². The van der Waals surface area contributed by atoms with Gasteiger partial charge >= 0.3 is 12.1 Å². The largest absolute Gasteiger partial charge is 0.491 e. The Morgan fingerprint density at radius 3 is 2.50 bits per heavy atom. The highest BCUT2D eigenvalue weighted by atomic mass is 16.6. The Morgan fingerprint density at radius 2 is 1.91 bits per heavy atom. The summed E-state index contributed by atoms with van der Waals surface area (Å²) in [5.74, 6) is -0.00495. The molecule has 1 N–H and O–H groups in total. The van der Waals surface area contributed by atoms with Crippen molar-refractivity contribution < 1.29 is 23.8 Å². The Balaban J connectivity index is 2.64. The second kappa shape index (κ2) is 8.92. The molecule has 1 amide bonds. The third kappa shape index (κ3) is 5.63. The van der Waals surface area contributed by atoms with Gasteiger partial charge in [-0.1, -0.05) is 31.5 Å². The van der Waals surface area contributed by atoms with Crippen LogP contribution in [0.25, 0.3) is 0 Å². The molecule has 1 rings (SSSR count). The molecule has 1 aromatic rings. The molecule has 0 bridgehead atoms. The number of rotatable bonds is 8. The normalized spacial score (nSPS) is 12.9. The number of amides is 1. The van der Waals surface area contributed by atoms with Gasteiger partial charge in [-0.3, -0.25) is 0 Å². The van der Waals surface area contributed by atoms with E-state index in [1.54, 1.807) is 12.1 Å². The van der Waals surface area contributed by atoms with Gasteiger partial charge in [-0.05, 0) is 25.5 Å². The second-order valence-corrected chi connectivity index (χ2v) is 5.04. The van der Waals surface area contributed by atoms with Crippen molar-refractivity contribution in [3.05, 3.63) is 30.3 Å². The van der Waals surface area contributed by atoms with E-state index in [0.29, 0.717) is 12.4 Å². The minimum atomic E-state index is -1.33. The Kier molecular flexibility index (Phi) is 7.22. The molecule has 0 saturated heterocycles. The molecule has 22 heavy (non-hydrogen) atoms. The molecule has 0 fully saturated rings. The number of methoxy groups -OCH3 is 1. The molecule has 0 spiro atoms. The van der Waals surface area contributed by atoms with E-state index < -0.39 is 17.6 Å². The lowest BCUT2D eigenvalue weighted by Crippen LogP contribution is -2.56. The van der Waals surface area contributed by atoms with E-state index in [1.807, 2.05) is 25.1 Å². The van der Waals surface area contributed by atoms with Gasteiger partial charge in [-0.15, -0.1) is 0 Å². The van der Waals surface area contributed by atoms with Crippen LogP contribution in [0.2, 0.25) is 0 Å². The maximum Gasteiger partial charge on any atom is 0.408 e. The number of hydrogen-bond acceptors (Lipinski definition) is 5. The third-order valence-corrected chi connectivity index (χ3v) is 3.02. The third-order valence-electron chi connectivity index (χ3n) is 3.02. The Bertz CT molecular complexity index is 477. The van der Waals surface area contributed by atoms with Crippen LogP contribution >= 0.6 is 0 Å². The number of nitrogens with one attached hydrogen (secondary N) is 1. The molecule has 0 aliphatic rings. The number of hydrogen-bond donors (Lipinski definition) is 1. The van der Waals surface area contributed by atoms with Crippen LogP contribution < -0.4 is 10.1 Å². The molecule has 0 aromatic heterocycles. The first-order valence-corrected chi connectivity index (χ1v) is 7.23. The molecule has 1 unspecified atom stereocenters. The first kappa shape index (κ1) is 17.8. The first-order chi connectivity index (χ1) is 10.5. The lowest BCUT2D eigenvalue weighted by molar-refractivity contribution is -0.149. The molecular formula is C16H23NO5. The van der Waals surface area contributed by atoms with E-state index >= 15 is 0 Å². The van der Waals surface area contributed by atoms with Gasteiger partial charge < -0.3 is 19.5 Å². The van der Waals surface area contributed by atoms with Gasteiger partial charge in [0.1, 0.15) is 12.4 Å². The standard InChI is InChI=1S/C16H23NO5/c1-4-5-11-21-15(19)17-16(2,14(18)20-3)12-22-13-9-7-6-8-10-13/h6-10H,4-5,11-12H2,1-3H3,(H,17,19). The number of unbranched alkanes of at least 4 members (excludes halogenated alkanes) is 1. The van der Waals surface area contributed by atoms with Crippen molar-refractivity contribution in [2.45, 2.75) is 32.2 Å². The van der Waals surface area contributed by atoms with Crippen LogP contribution in [0.15, 0.2) is 30.3 Å². The number of para-hydroxylation sites is 1. The lowest BCUT2D eigenvalue weighted by Gasteiger charge is -2.27. The summed E-state index contributed by atoms with van der Waals surface area (Å²) in [6.07, 6.45) is 1.01. The Hall–Kier alpha value is -2.24. The average Bonchev–Trinajstić information content (AvgIpc) is 2.53. The van der Waals surface area contributed by atoms with E-state index in [-0.39, 0.29) is 6.61 Å². The Morgan fingerprint density at radius 1 is 1.23 bits per heavy atom. The van der Waals surface area contributed by atoms with Crippen molar-refractivity contribution >= 4 is 12.1 Å². The van der Waals surface area contributed by atoms with Crippen LogP contribution in [0.5, 0.6) is 5.75 Å². The lowest BCUT2D eigenvalue weighted by atomic mass is 10.0. The smallest absolute Gasteiger partial charge is 0.408 e. The highest BCUT2D eigenvalue weighted by molar-refractivity contribution is 5.85. The molecule has 0 saturated carbocycles. The molecule has 6 nitrogen and oxygen atoms in total. The molecule has 1 aromatic carbocycles. The molecule has 0 heterocycles. The number of ether oxygens (including phenoxy) is 3. The molecule has 0 radical (unpaired) electrons. The number of benzene rings is 1. The fraction of sp³-hybridized carbons (Fsp3) is 0.500. The van der Waals surface area contributed by atoms with Gasteiger partial charge in [0, 0.05) is 0 Å². The summed E-state index contributed by atoms with van der Waals surface area (Å²) in [5.41, 5.74) is -1.33. The SMILES string of the molecule is CCCCOC(=O)NC(C)(COc1ccccc1)C(=O)OC. The van der Waals surface area contributed by atoms with Crippen molar-refractivity contribution in [3.63, 3.8) is 0 Å². The average molecular weight is 309 g/mol. The molecule has 1 atom stereocenters. The summed E-state index contributed by atoms with van der Waals surface area (Å²) in [6.45, 7) is 3.77. The highest BCUT2D eigenvalue weighted by Crippen LogP contribution is 2.14. The van der Waals surface area contributed by atoms with Crippen molar-refractivity contribution in [3.8, 4) is 5.75 Å². The molecular weight excluding hydrogens is 286 g/mol. The first-order valence-electron chi connectivity index (χ1n) is 7.23. The summed E-state index contributed by atoms with van der Waals surface area (Å²) < 4.78 is 15.3. The Labute approximate surface area is 130 Å². The van der Waals surface area contributed by atoms with Crippen molar-refractivity contribution in [2.75, 3.05) is 20.3 Å². The highest BCUT2D eigenvalue weighted by Gasteiger charge is 2.38. The predicted octanol–water partition coefficient (Wildman–Crippen LogP) is 2.52. The van der Waals surface area contributed by atoms with Crippen LogP contribution in [-0.2, 0) is 14.3 Å². The van der Waals surface area contributed by atoms with E-state index in [2.05, 4.69) is 5.32 Å². The van der Waals surface area contributed by atoms with Crippen molar-refractivity contribution in [1.82, 2.24) is 5.32 Å². The molecule has 0 aliphatic heterocycles. The van der Waals surface area contributed by atoms with Gasteiger partial charge in [0.25, 0.3) is 0 Å². The number of alkyl carbamates (subject to hydrolysis) is 1. The quantitative estimate of drug-likeness (QED) is 0.590. The van der Waals surface area contributed by atoms with Gasteiger partial charge in [0.2, 0.25) is 0 Å². The maximum atomic E-state index is 11.9. The van der Waals surface area contributed by atoms with Crippen LogP contribution in [0.1, 0.15) is 26.7 Å². The summed E-state index contributed by atoms with van der Waals surface area (Å²) >= 11 is 0. The zero-order valence-electron chi connectivity index (χ0n) is 13.3. The maximum absolute atomic E-state index is 11.9. The zero-order chi connectivity index (χ0) is 16.4. The number of carbonyl (C=O) groups excluding carboxylic acids is 2. The van der Waals surface area contributed by atoms with Crippen LogP contribution in [0.4, 0.5) is 4.79 Å². The molecule has 0 aliphatic carbocycles. The second-order valence-electron chi connectivity index (χ2n) is 5.04. The minimum Gasteiger partial charge on any atom is -0.491 e. The van der Waals surface area contributed by atoms with Gasteiger partial charge in [0.15, 0.2) is 5.54 Å². The summed E-state index contributed by atoms with van der Waals surface area (Å²) in [7, 11) is 1.26. The minimum absolute atomic E-state index is 0.0629. The summed E-state index contributed by atoms with van der Waals surface area (Å²) in [4.78, 5) is 23.7. The number of esters is 1. The van der Waals surface area contributed by atoms with Crippen LogP contribution in [-0.4, -0.2) is 37.9 Å². The predicted molar refractivity (Wildman–Crippen MR) is 81.7 cm³/mol. The van der Waals surface area contributed by atoms with E-state index in [4.69, 9.17) is 14.2 Å². The monoisotopic (exact) mass is 309 g/mol.